The molecule has 1 heterocycles. The third-order valence-electron chi connectivity index (χ3n) is 3.77. The molecule has 1 aromatic heterocycles. The van der Waals surface area contributed by atoms with Crippen LogP contribution >= 0.6 is 0 Å². The fourth-order valence-electron chi connectivity index (χ4n) is 2.42. The molecule has 1 amide bonds. The molecule has 3 rings (SSSR count). The van der Waals surface area contributed by atoms with Crippen LogP contribution in [0.3, 0.4) is 0 Å². The van der Waals surface area contributed by atoms with E-state index in [0.717, 1.165) is 0 Å². The van der Waals surface area contributed by atoms with Crippen LogP contribution < -0.4 is 15.4 Å². The largest absolute Gasteiger partial charge is 0.495 e. The summed E-state index contributed by atoms with van der Waals surface area (Å²) < 4.78 is 5.23. The van der Waals surface area contributed by atoms with Gasteiger partial charge in [0.15, 0.2) is 5.78 Å². The first-order chi connectivity index (χ1) is 13.1. The van der Waals surface area contributed by atoms with Crippen molar-refractivity contribution in [3.63, 3.8) is 0 Å². The van der Waals surface area contributed by atoms with Gasteiger partial charge < -0.3 is 15.4 Å². The second kappa shape index (κ2) is 8.09. The van der Waals surface area contributed by atoms with Crippen LogP contribution in [0.4, 0.5) is 17.3 Å². The number of amides is 1. The summed E-state index contributed by atoms with van der Waals surface area (Å²) in [5.74, 6) is 0.384. The second-order valence-electron chi connectivity index (χ2n) is 5.68. The highest BCUT2D eigenvalue weighted by molar-refractivity contribution is 6.03. The number of nitrogens with one attached hydrogen (secondary N) is 2. The van der Waals surface area contributed by atoms with Crippen LogP contribution in [-0.4, -0.2) is 28.8 Å². The summed E-state index contributed by atoms with van der Waals surface area (Å²) in [6.45, 7) is 1.50. The van der Waals surface area contributed by atoms with Gasteiger partial charge in [-0.05, 0) is 37.3 Å². The first kappa shape index (κ1) is 18.1. The summed E-state index contributed by atoms with van der Waals surface area (Å²) in [6, 6.07) is 15.6. The first-order valence-electron chi connectivity index (χ1n) is 8.22. The molecule has 0 spiro atoms. The molecular weight excluding hydrogens is 344 g/mol. The Bertz CT molecular complexity index is 988. The van der Waals surface area contributed by atoms with E-state index in [1.54, 1.807) is 42.5 Å². The molecule has 0 aliphatic carbocycles. The van der Waals surface area contributed by atoms with Gasteiger partial charge in [-0.15, -0.1) is 0 Å². The smallest absolute Gasteiger partial charge is 0.274 e. The molecule has 7 heteroatoms. The van der Waals surface area contributed by atoms with Crippen molar-refractivity contribution < 1.29 is 14.3 Å². The molecule has 27 heavy (non-hydrogen) atoms. The summed E-state index contributed by atoms with van der Waals surface area (Å²) in [4.78, 5) is 32.4. The van der Waals surface area contributed by atoms with Crippen LogP contribution in [0.5, 0.6) is 5.75 Å². The molecule has 2 aromatic carbocycles. The Morgan fingerprint density at radius 1 is 1.04 bits per heavy atom. The maximum atomic E-state index is 12.5. The lowest BCUT2D eigenvalue weighted by molar-refractivity contribution is 0.101. The fraction of sp³-hybridized carbons (Fsp3) is 0.100. The number of para-hydroxylation sites is 2. The normalized spacial score (nSPS) is 10.1. The van der Waals surface area contributed by atoms with E-state index in [-0.39, 0.29) is 23.3 Å². The Labute approximate surface area is 156 Å². The van der Waals surface area contributed by atoms with Gasteiger partial charge in [-0.2, -0.15) is 0 Å². The number of ketones is 1. The van der Waals surface area contributed by atoms with E-state index in [1.165, 1.54) is 26.3 Å². The van der Waals surface area contributed by atoms with E-state index in [0.29, 0.717) is 22.7 Å². The van der Waals surface area contributed by atoms with Crippen LogP contribution in [0.15, 0.2) is 60.8 Å². The lowest BCUT2D eigenvalue weighted by Gasteiger charge is -2.10. The molecule has 0 saturated heterocycles. The number of methoxy groups -OCH3 is 1. The number of anilines is 3. The molecule has 3 aromatic rings. The molecular formula is C20H18N4O3. The van der Waals surface area contributed by atoms with Crippen molar-refractivity contribution in [2.24, 2.45) is 0 Å². The lowest BCUT2D eigenvalue weighted by Crippen LogP contribution is -2.15. The van der Waals surface area contributed by atoms with E-state index in [1.807, 2.05) is 6.07 Å². The molecule has 0 bridgehead atoms. The van der Waals surface area contributed by atoms with Gasteiger partial charge in [-0.3, -0.25) is 9.59 Å². The molecule has 0 aliphatic rings. The summed E-state index contributed by atoms with van der Waals surface area (Å²) in [5.41, 5.74) is 1.98. The van der Waals surface area contributed by atoms with Crippen molar-refractivity contribution in [1.82, 2.24) is 9.97 Å². The fourth-order valence-corrected chi connectivity index (χ4v) is 2.42. The molecule has 0 fully saturated rings. The standard InChI is InChI=1S/C20H18N4O3/c1-13(25)14-6-5-7-15(12-14)22-20-21-11-10-17(24-20)19(26)23-16-8-3-4-9-18(16)27-2/h3-12H,1-2H3,(H,23,26)(H,21,22,24). The van der Waals surface area contributed by atoms with Crippen molar-refractivity contribution in [2.45, 2.75) is 6.92 Å². The molecule has 0 radical (unpaired) electrons. The predicted octanol–water partition coefficient (Wildman–Crippen LogP) is 3.68. The Morgan fingerprint density at radius 3 is 2.63 bits per heavy atom. The summed E-state index contributed by atoms with van der Waals surface area (Å²) in [6.07, 6.45) is 1.49. The number of hydrogen-bond acceptors (Lipinski definition) is 6. The molecule has 0 atom stereocenters. The van der Waals surface area contributed by atoms with E-state index >= 15 is 0 Å². The second-order valence-corrected chi connectivity index (χ2v) is 5.68. The minimum atomic E-state index is -0.387. The Balaban J connectivity index is 1.78. The minimum absolute atomic E-state index is 0.0375. The van der Waals surface area contributed by atoms with E-state index < -0.39 is 0 Å². The van der Waals surface area contributed by atoms with Crippen LogP contribution in [0.1, 0.15) is 27.8 Å². The maximum Gasteiger partial charge on any atom is 0.274 e. The summed E-state index contributed by atoms with van der Waals surface area (Å²) in [5, 5.41) is 5.77. The van der Waals surface area contributed by atoms with Crippen LogP contribution in [0.25, 0.3) is 0 Å². The van der Waals surface area contributed by atoms with Gasteiger partial charge in [0.05, 0.1) is 12.8 Å². The van der Waals surface area contributed by atoms with Crippen molar-refractivity contribution in [3.05, 3.63) is 72.1 Å². The molecule has 0 aliphatic heterocycles. The first-order valence-corrected chi connectivity index (χ1v) is 8.22. The Hall–Kier alpha value is -3.74. The van der Waals surface area contributed by atoms with Gasteiger partial charge in [-0.1, -0.05) is 24.3 Å². The van der Waals surface area contributed by atoms with Gasteiger partial charge in [0.2, 0.25) is 5.95 Å². The van der Waals surface area contributed by atoms with Crippen LogP contribution in [-0.2, 0) is 0 Å². The van der Waals surface area contributed by atoms with Gasteiger partial charge in [-0.25, -0.2) is 9.97 Å². The van der Waals surface area contributed by atoms with E-state index in [9.17, 15) is 9.59 Å². The number of carbonyl (C=O) groups is 2. The summed E-state index contributed by atoms with van der Waals surface area (Å²) >= 11 is 0. The zero-order valence-electron chi connectivity index (χ0n) is 14.9. The molecule has 136 valence electrons. The van der Waals surface area contributed by atoms with E-state index in [4.69, 9.17) is 4.74 Å². The zero-order chi connectivity index (χ0) is 19.2. The van der Waals surface area contributed by atoms with Gasteiger partial charge in [0.1, 0.15) is 11.4 Å². The number of nitrogens with zero attached hydrogens (tertiary/aromatic N) is 2. The predicted molar refractivity (Wildman–Crippen MR) is 103 cm³/mol. The SMILES string of the molecule is COc1ccccc1NC(=O)c1ccnc(Nc2cccc(C(C)=O)c2)n1. The number of rotatable bonds is 6. The summed E-state index contributed by atoms with van der Waals surface area (Å²) in [7, 11) is 1.53. The number of aromatic nitrogens is 2. The van der Waals surface area contributed by atoms with Crippen LogP contribution in [0.2, 0.25) is 0 Å². The number of ether oxygens (including phenoxy) is 1. The van der Waals surface area contributed by atoms with Crippen molar-refractivity contribution in [2.75, 3.05) is 17.7 Å². The molecule has 2 N–H and O–H groups in total. The van der Waals surface area contributed by atoms with Crippen LogP contribution in [0, 0.1) is 0 Å². The number of hydrogen-bond donors (Lipinski definition) is 2. The molecule has 0 unspecified atom stereocenters. The Kier molecular flexibility index (Phi) is 5.41. The minimum Gasteiger partial charge on any atom is -0.495 e. The van der Waals surface area contributed by atoms with Crippen molar-refractivity contribution in [1.29, 1.82) is 0 Å². The maximum absolute atomic E-state index is 12.5. The number of benzene rings is 2. The third-order valence-corrected chi connectivity index (χ3v) is 3.77. The monoisotopic (exact) mass is 362 g/mol. The molecule has 7 nitrogen and oxygen atoms in total. The van der Waals surface area contributed by atoms with Crippen molar-refractivity contribution >= 4 is 29.0 Å². The van der Waals surface area contributed by atoms with Gasteiger partial charge in [0.25, 0.3) is 5.91 Å². The number of carbonyl (C=O) groups excluding carboxylic acids is 2. The van der Waals surface area contributed by atoms with Crippen molar-refractivity contribution in [3.8, 4) is 5.75 Å². The quantitative estimate of drug-likeness (QED) is 0.650. The van der Waals surface area contributed by atoms with E-state index in [2.05, 4.69) is 20.6 Å². The molecule has 0 saturated carbocycles. The third kappa shape index (κ3) is 4.46. The highest BCUT2D eigenvalue weighted by Crippen LogP contribution is 2.23. The average molecular weight is 362 g/mol. The number of Topliss-reactive ketones (excluding diaryl/α,β-unsaturated/α-hetero) is 1. The highest BCUT2D eigenvalue weighted by Gasteiger charge is 2.12. The highest BCUT2D eigenvalue weighted by atomic mass is 16.5. The Morgan fingerprint density at radius 2 is 1.85 bits per heavy atom. The average Bonchev–Trinajstić information content (AvgIpc) is 2.69. The topological polar surface area (TPSA) is 93.2 Å². The van der Waals surface area contributed by atoms with Gasteiger partial charge >= 0.3 is 0 Å². The lowest BCUT2D eigenvalue weighted by atomic mass is 10.1. The zero-order valence-corrected chi connectivity index (χ0v) is 14.9. The van der Waals surface area contributed by atoms with Gasteiger partial charge in [0, 0.05) is 17.4 Å².